The summed E-state index contributed by atoms with van der Waals surface area (Å²) >= 11 is 0. The molecule has 0 bridgehead atoms. The highest BCUT2D eigenvalue weighted by Gasteiger charge is 2.35. The summed E-state index contributed by atoms with van der Waals surface area (Å²) in [4.78, 5) is 38.3. The van der Waals surface area contributed by atoms with E-state index < -0.39 is 29.5 Å². The van der Waals surface area contributed by atoms with Gasteiger partial charge in [-0.2, -0.15) is 13.2 Å². The Hall–Kier alpha value is -3.76. The van der Waals surface area contributed by atoms with Crippen LogP contribution in [0, 0.1) is 5.92 Å². The summed E-state index contributed by atoms with van der Waals surface area (Å²) in [6.45, 7) is 1.69. The maximum Gasteiger partial charge on any atom is 0.416 e. The highest BCUT2D eigenvalue weighted by Crippen LogP contribution is 2.35. The highest BCUT2D eigenvalue weighted by atomic mass is 19.4. The van der Waals surface area contributed by atoms with Crippen LogP contribution in [0.3, 0.4) is 0 Å². The van der Waals surface area contributed by atoms with Crippen molar-refractivity contribution >= 4 is 29.1 Å². The van der Waals surface area contributed by atoms with Crippen LogP contribution in [0.15, 0.2) is 36.4 Å². The number of likely N-dealkylation sites (tertiary alicyclic amines) is 1. The first-order chi connectivity index (χ1) is 16.5. The van der Waals surface area contributed by atoms with E-state index in [9.17, 15) is 27.6 Å². The second-order valence-corrected chi connectivity index (χ2v) is 8.11. The van der Waals surface area contributed by atoms with Crippen LogP contribution in [0.5, 0.6) is 11.5 Å². The zero-order chi connectivity index (χ0) is 25.8. The molecule has 1 aliphatic heterocycles. The molecule has 1 fully saturated rings. The first-order valence-electron chi connectivity index (χ1n) is 10.8. The Morgan fingerprint density at radius 2 is 1.74 bits per heavy atom. The number of amides is 3. The maximum absolute atomic E-state index is 13.2. The lowest BCUT2D eigenvalue weighted by Gasteiger charge is -2.18. The molecule has 2 N–H and O–H groups in total. The standard InChI is InChI=1S/C24H26F3N3O5/c1-14(31)28-18-6-5-17(24(25,26)27)12-19(18)29-23(33)16-11-22(32)30(13-16)9-8-15-4-7-20(34-2)21(10-15)35-3/h4-7,10,12,16H,8-9,11,13H2,1-3H3,(H,28,31)(H,29,33). The largest absolute Gasteiger partial charge is 0.493 e. The molecule has 1 atom stereocenters. The topological polar surface area (TPSA) is 97.0 Å². The van der Waals surface area contributed by atoms with Crippen molar-refractivity contribution in [1.82, 2.24) is 4.90 Å². The van der Waals surface area contributed by atoms with Gasteiger partial charge in [0.1, 0.15) is 0 Å². The fraction of sp³-hybridized carbons (Fsp3) is 0.375. The van der Waals surface area contributed by atoms with E-state index in [0.717, 1.165) is 23.8 Å². The third-order valence-corrected chi connectivity index (χ3v) is 5.62. The fourth-order valence-electron chi connectivity index (χ4n) is 3.82. The van der Waals surface area contributed by atoms with E-state index in [1.54, 1.807) is 17.0 Å². The molecular formula is C24H26F3N3O5. The summed E-state index contributed by atoms with van der Waals surface area (Å²) in [7, 11) is 3.06. The number of halogens is 3. The third kappa shape index (κ3) is 6.43. The van der Waals surface area contributed by atoms with Crippen molar-refractivity contribution in [3.63, 3.8) is 0 Å². The molecule has 35 heavy (non-hydrogen) atoms. The van der Waals surface area contributed by atoms with Crippen molar-refractivity contribution in [2.75, 3.05) is 37.9 Å². The van der Waals surface area contributed by atoms with Crippen LogP contribution in [0.25, 0.3) is 0 Å². The van der Waals surface area contributed by atoms with Crippen molar-refractivity contribution in [2.24, 2.45) is 5.92 Å². The number of alkyl halides is 3. The highest BCUT2D eigenvalue weighted by molar-refractivity contribution is 6.01. The van der Waals surface area contributed by atoms with E-state index in [-0.39, 0.29) is 30.2 Å². The SMILES string of the molecule is COc1ccc(CCN2CC(C(=O)Nc3cc(C(F)(F)F)ccc3NC(C)=O)CC2=O)cc1OC. The van der Waals surface area contributed by atoms with E-state index in [0.29, 0.717) is 24.5 Å². The van der Waals surface area contributed by atoms with Gasteiger partial charge in [0.25, 0.3) is 0 Å². The van der Waals surface area contributed by atoms with E-state index in [4.69, 9.17) is 9.47 Å². The molecule has 0 spiro atoms. The Morgan fingerprint density at radius 3 is 2.37 bits per heavy atom. The predicted molar refractivity (Wildman–Crippen MR) is 122 cm³/mol. The van der Waals surface area contributed by atoms with Crippen LogP contribution in [0.4, 0.5) is 24.5 Å². The summed E-state index contributed by atoms with van der Waals surface area (Å²) in [6, 6.07) is 8.07. The molecule has 0 aliphatic carbocycles. The number of hydrogen-bond donors (Lipinski definition) is 2. The minimum Gasteiger partial charge on any atom is -0.493 e. The Labute approximate surface area is 200 Å². The Balaban J connectivity index is 1.67. The van der Waals surface area contributed by atoms with Crippen molar-refractivity contribution in [3.05, 3.63) is 47.5 Å². The van der Waals surface area contributed by atoms with Crippen molar-refractivity contribution in [2.45, 2.75) is 25.9 Å². The molecule has 1 aliphatic rings. The van der Waals surface area contributed by atoms with E-state index >= 15 is 0 Å². The van der Waals surface area contributed by atoms with Crippen LogP contribution in [-0.2, 0) is 27.0 Å². The lowest BCUT2D eigenvalue weighted by atomic mass is 10.1. The third-order valence-electron chi connectivity index (χ3n) is 5.62. The molecule has 11 heteroatoms. The zero-order valence-electron chi connectivity index (χ0n) is 19.5. The minimum absolute atomic E-state index is 0.0356. The first-order valence-corrected chi connectivity index (χ1v) is 10.8. The van der Waals surface area contributed by atoms with E-state index in [1.165, 1.54) is 21.1 Å². The van der Waals surface area contributed by atoms with Crippen molar-refractivity contribution in [3.8, 4) is 11.5 Å². The van der Waals surface area contributed by atoms with Gasteiger partial charge in [0.15, 0.2) is 11.5 Å². The average molecular weight is 493 g/mol. The van der Waals surface area contributed by atoms with Gasteiger partial charge in [-0.25, -0.2) is 0 Å². The molecular weight excluding hydrogens is 467 g/mol. The number of nitrogens with zero attached hydrogens (tertiary/aromatic N) is 1. The lowest BCUT2D eigenvalue weighted by Crippen LogP contribution is -2.30. The lowest BCUT2D eigenvalue weighted by molar-refractivity contribution is -0.137. The van der Waals surface area contributed by atoms with Gasteiger partial charge >= 0.3 is 6.18 Å². The van der Waals surface area contributed by atoms with Gasteiger partial charge in [0.2, 0.25) is 17.7 Å². The molecule has 0 aromatic heterocycles. The van der Waals surface area contributed by atoms with Crippen molar-refractivity contribution < 1.29 is 37.0 Å². The number of hydrogen-bond acceptors (Lipinski definition) is 5. The molecule has 1 saturated heterocycles. The summed E-state index contributed by atoms with van der Waals surface area (Å²) in [5.41, 5.74) is -0.210. The van der Waals surface area contributed by atoms with Crippen LogP contribution < -0.4 is 20.1 Å². The zero-order valence-corrected chi connectivity index (χ0v) is 19.5. The Morgan fingerprint density at radius 1 is 1.03 bits per heavy atom. The van der Waals surface area contributed by atoms with Gasteiger partial charge in [-0.15, -0.1) is 0 Å². The van der Waals surface area contributed by atoms with Crippen molar-refractivity contribution in [1.29, 1.82) is 0 Å². The van der Waals surface area contributed by atoms with Gasteiger partial charge in [0, 0.05) is 26.4 Å². The number of rotatable bonds is 8. The van der Waals surface area contributed by atoms with Crippen LogP contribution in [0.2, 0.25) is 0 Å². The van der Waals surface area contributed by atoms with Gasteiger partial charge in [-0.3, -0.25) is 14.4 Å². The monoisotopic (exact) mass is 493 g/mol. The van der Waals surface area contributed by atoms with Crippen LogP contribution in [-0.4, -0.2) is 49.9 Å². The molecule has 0 saturated carbocycles. The molecule has 8 nitrogen and oxygen atoms in total. The summed E-state index contributed by atoms with van der Waals surface area (Å²) in [6.07, 6.45) is -4.18. The number of carbonyl (C=O) groups excluding carboxylic acids is 3. The number of benzene rings is 2. The smallest absolute Gasteiger partial charge is 0.416 e. The number of ether oxygens (including phenoxy) is 2. The molecule has 1 unspecified atom stereocenters. The summed E-state index contributed by atoms with van der Waals surface area (Å²) < 4.78 is 49.9. The van der Waals surface area contributed by atoms with Gasteiger partial charge in [-0.05, 0) is 42.3 Å². The van der Waals surface area contributed by atoms with Gasteiger partial charge in [0.05, 0.1) is 37.1 Å². The molecule has 3 rings (SSSR count). The second-order valence-electron chi connectivity index (χ2n) is 8.11. The van der Waals surface area contributed by atoms with Crippen LogP contribution >= 0.6 is 0 Å². The maximum atomic E-state index is 13.2. The normalized spacial score (nSPS) is 15.7. The van der Waals surface area contributed by atoms with E-state index in [1.807, 2.05) is 6.07 Å². The number of anilines is 2. The molecule has 2 aromatic rings. The fourth-order valence-corrected chi connectivity index (χ4v) is 3.82. The number of nitrogens with one attached hydrogen (secondary N) is 2. The first kappa shape index (κ1) is 25.9. The van der Waals surface area contributed by atoms with E-state index in [2.05, 4.69) is 10.6 Å². The Kier molecular flexibility index (Phi) is 7.88. The number of methoxy groups -OCH3 is 2. The summed E-state index contributed by atoms with van der Waals surface area (Å²) in [5, 5.41) is 4.85. The molecule has 2 aromatic carbocycles. The van der Waals surface area contributed by atoms with Gasteiger partial charge in [-0.1, -0.05) is 6.07 Å². The predicted octanol–water partition coefficient (Wildman–Crippen LogP) is 3.71. The second kappa shape index (κ2) is 10.7. The number of carbonyl (C=O) groups is 3. The minimum atomic E-state index is -4.63. The molecule has 3 amide bonds. The quantitative estimate of drug-likeness (QED) is 0.585. The van der Waals surface area contributed by atoms with Crippen LogP contribution in [0.1, 0.15) is 24.5 Å². The van der Waals surface area contributed by atoms with Gasteiger partial charge < -0.3 is 25.0 Å². The molecule has 188 valence electrons. The summed E-state index contributed by atoms with van der Waals surface area (Å²) in [5.74, 6) is -0.926. The average Bonchev–Trinajstić information content (AvgIpc) is 3.18. The Bertz CT molecular complexity index is 1120. The molecule has 1 heterocycles. The molecule has 0 radical (unpaired) electrons.